The quantitative estimate of drug-likeness (QED) is 0.219. The third-order valence-electron chi connectivity index (χ3n) is 8.25. The summed E-state index contributed by atoms with van der Waals surface area (Å²) in [6, 6.07) is 45.6. The Morgan fingerprint density at radius 3 is 1.84 bits per heavy atom. The van der Waals surface area contributed by atoms with Crippen LogP contribution in [0.4, 0.5) is 4.39 Å². The van der Waals surface area contributed by atoms with Crippen LogP contribution >= 0.6 is 0 Å². The molecule has 0 fully saturated rings. The SMILES string of the molecule is N#Cc1cc(C#N)c(-n2c3ccccc3c3ccc4c(c5ccccc5n4-c4ccccc4)c32)c(-c2ccccc2)c1F. The summed E-state index contributed by atoms with van der Waals surface area (Å²) in [6.45, 7) is 0. The first kappa shape index (κ1) is 24.6. The molecular weight excluding hydrogens is 531 g/mol. The van der Waals surface area contributed by atoms with Gasteiger partial charge in [0.05, 0.1) is 38.9 Å². The lowest BCUT2D eigenvalue weighted by atomic mass is 9.96. The predicted molar refractivity (Wildman–Crippen MR) is 170 cm³/mol. The van der Waals surface area contributed by atoms with Gasteiger partial charge in [-0.05, 0) is 42.0 Å². The molecule has 0 bridgehead atoms. The van der Waals surface area contributed by atoms with Crippen molar-refractivity contribution in [2.75, 3.05) is 0 Å². The standard InChI is InChI=1S/C38H21FN4/c39-36-25(22-40)21-26(23-41)37(34(36)24-11-3-1-4-12-24)43-31-17-9-7-15-28(31)29-19-20-33-35(38(29)43)30-16-8-10-18-32(30)42(33)27-13-5-2-6-14-27/h1-21H. The number of fused-ring (bicyclic) bond motifs is 7. The number of para-hydroxylation sites is 3. The molecule has 0 aliphatic rings. The van der Waals surface area contributed by atoms with Crippen molar-refractivity contribution in [2.45, 2.75) is 0 Å². The number of hydrogen-bond acceptors (Lipinski definition) is 2. The molecule has 200 valence electrons. The van der Waals surface area contributed by atoms with Crippen molar-refractivity contribution in [2.24, 2.45) is 0 Å². The molecule has 4 nitrogen and oxygen atoms in total. The van der Waals surface area contributed by atoms with E-state index in [1.54, 1.807) is 0 Å². The molecule has 5 heteroatoms. The maximum atomic E-state index is 16.4. The molecule has 0 atom stereocenters. The van der Waals surface area contributed by atoms with Crippen LogP contribution in [0.2, 0.25) is 0 Å². The fraction of sp³-hybridized carbons (Fsp3) is 0. The van der Waals surface area contributed by atoms with Crippen LogP contribution in [0.5, 0.6) is 0 Å². The highest BCUT2D eigenvalue weighted by atomic mass is 19.1. The van der Waals surface area contributed by atoms with E-state index in [9.17, 15) is 10.5 Å². The summed E-state index contributed by atoms with van der Waals surface area (Å²) in [5.74, 6) is -0.646. The smallest absolute Gasteiger partial charge is 0.150 e. The topological polar surface area (TPSA) is 57.4 Å². The number of aromatic nitrogens is 2. The van der Waals surface area contributed by atoms with Gasteiger partial charge in [-0.25, -0.2) is 4.39 Å². The number of hydrogen-bond donors (Lipinski definition) is 0. The van der Waals surface area contributed by atoms with Crippen LogP contribution < -0.4 is 0 Å². The van der Waals surface area contributed by atoms with E-state index < -0.39 is 5.82 Å². The lowest BCUT2D eigenvalue weighted by Gasteiger charge is -2.18. The van der Waals surface area contributed by atoms with Crippen LogP contribution in [-0.4, -0.2) is 9.13 Å². The zero-order valence-electron chi connectivity index (χ0n) is 22.8. The zero-order valence-corrected chi connectivity index (χ0v) is 22.8. The minimum absolute atomic E-state index is 0.161. The maximum Gasteiger partial charge on any atom is 0.150 e. The molecule has 43 heavy (non-hydrogen) atoms. The second-order valence-electron chi connectivity index (χ2n) is 10.5. The molecule has 0 saturated carbocycles. The minimum Gasteiger partial charge on any atom is -0.309 e. The first-order valence-electron chi connectivity index (χ1n) is 13.9. The lowest BCUT2D eigenvalue weighted by Crippen LogP contribution is -2.05. The van der Waals surface area contributed by atoms with Gasteiger partial charge in [-0.1, -0.05) is 91.0 Å². The highest BCUT2D eigenvalue weighted by Crippen LogP contribution is 2.44. The molecule has 6 aromatic carbocycles. The summed E-state index contributed by atoms with van der Waals surface area (Å²) in [4.78, 5) is 0. The molecule has 0 aliphatic carbocycles. The number of rotatable bonds is 3. The summed E-state index contributed by atoms with van der Waals surface area (Å²) in [7, 11) is 0. The molecule has 8 rings (SSSR count). The monoisotopic (exact) mass is 552 g/mol. The van der Waals surface area contributed by atoms with Crippen molar-refractivity contribution < 1.29 is 4.39 Å². The lowest BCUT2D eigenvalue weighted by molar-refractivity contribution is 0.626. The van der Waals surface area contributed by atoms with Gasteiger partial charge >= 0.3 is 0 Å². The van der Waals surface area contributed by atoms with Gasteiger partial charge in [0.15, 0.2) is 5.82 Å². The van der Waals surface area contributed by atoms with Crippen LogP contribution in [0.3, 0.4) is 0 Å². The van der Waals surface area contributed by atoms with E-state index in [1.807, 2.05) is 89.5 Å². The van der Waals surface area contributed by atoms with E-state index in [0.29, 0.717) is 11.3 Å². The van der Waals surface area contributed by atoms with Crippen molar-refractivity contribution in [3.05, 3.63) is 144 Å². The van der Waals surface area contributed by atoms with Crippen molar-refractivity contribution in [1.82, 2.24) is 9.13 Å². The molecule has 0 radical (unpaired) electrons. The Bertz CT molecular complexity index is 2470. The average Bonchev–Trinajstić information content (AvgIpc) is 3.58. The highest BCUT2D eigenvalue weighted by Gasteiger charge is 2.26. The molecular formula is C38H21FN4. The molecule has 2 heterocycles. The predicted octanol–water partition coefficient (Wildman–Crippen LogP) is 9.43. The molecule has 8 aromatic rings. The van der Waals surface area contributed by atoms with Gasteiger partial charge in [0, 0.05) is 32.8 Å². The normalized spacial score (nSPS) is 11.3. The van der Waals surface area contributed by atoms with Gasteiger partial charge < -0.3 is 9.13 Å². The van der Waals surface area contributed by atoms with Crippen molar-refractivity contribution in [3.8, 4) is 34.6 Å². The zero-order chi connectivity index (χ0) is 29.1. The van der Waals surface area contributed by atoms with E-state index in [-0.39, 0.29) is 16.7 Å². The minimum atomic E-state index is -0.646. The van der Waals surface area contributed by atoms with Gasteiger partial charge in [-0.2, -0.15) is 10.5 Å². The van der Waals surface area contributed by atoms with Gasteiger partial charge in [-0.3, -0.25) is 0 Å². The van der Waals surface area contributed by atoms with E-state index in [2.05, 4.69) is 53.1 Å². The number of nitrogens with zero attached hydrogens (tertiary/aromatic N) is 4. The number of halogens is 1. The van der Waals surface area contributed by atoms with Crippen molar-refractivity contribution in [3.63, 3.8) is 0 Å². The van der Waals surface area contributed by atoms with E-state index >= 15 is 4.39 Å². The Hall–Kier alpha value is -6.17. The first-order chi connectivity index (χ1) is 21.2. The summed E-state index contributed by atoms with van der Waals surface area (Å²) in [5.41, 5.74) is 6.09. The Balaban J connectivity index is 1.66. The summed E-state index contributed by atoms with van der Waals surface area (Å²) in [6.07, 6.45) is 0. The first-order valence-corrected chi connectivity index (χ1v) is 13.9. The van der Waals surface area contributed by atoms with Crippen LogP contribution in [0.25, 0.3) is 66.1 Å². The molecule has 0 N–H and O–H groups in total. The second kappa shape index (κ2) is 9.45. The fourth-order valence-corrected chi connectivity index (χ4v) is 6.51. The average molecular weight is 553 g/mol. The third-order valence-corrected chi connectivity index (χ3v) is 8.25. The molecule has 0 amide bonds. The van der Waals surface area contributed by atoms with E-state index in [1.165, 1.54) is 6.07 Å². The Morgan fingerprint density at radius 1 is 0.535 bits per heavy atom. The molecule has 0 saturated heterocycles. The van der Waals surface area contributed by atoms with Gasteiger partial charge in [-0.15, -0.1) is 0 Å². The fourth-order valence-electron chi connectivity index (χ4n) is 6.51. The van der Waals surface area contributed by atoms with E-state index in [0.717, 1.165) is 49.3 Å². The van der Waals surface area contributed by atoms with Crippen LogP contribution in [0, 0.1) is 28.5 Å². The highest BCUT2D eigenvalue weighted by molar-refractivity contribution is 6.26. The molecule has 0 unspecified atom stereocenters. The largest absolute Gasteiger partial charge is 0.309 e. The van der Waals surface area contributed by atoms with E-state index in [4.69, 9.17) is 0 Å². The summed E-state index contributed by atoms with van der Waals surface area (Å²) in [5, 5.41) is 24.3. The number of nitriles is 2. The third kappa shape index (κ3) is 3.46. The second-order valence-corrected chi connectivity index (χ2v) is 10.5. The maximum absolute atomic E-state index is 16.4. The van der Waals surface area contributed by atoms with Gasteiger partial charge in [0.2, 0.25) is 0 Å². The summed E-state index contributed by atoms with van der Waals surface area (Å²) < 4.78 is 20.6. The Kier molecular flexibility index (Phi) is 5.41. The van der Waals surface area contributed by atoms with Crippen LogP contribution in [0.1, 0.15) is 11.1 Å². The number of benzene rings is 6. The van der Waals surface area contributed by atoms with Crippen molar-refractivity contribution >= 4 is 43.6 Å². The van der Waals surface area contributed by atoms with Gasteiger partial charge in [0.25, 0.3) is 0 Å². The summed E-state index contributed by atoms with van der Waals surface area (Å²) >= 11 is 0. The Morgan fingerprint density at radius 2 is 1.14 bits per heavy atom. The molecule has 0 spiro atoms. The van der Waals surface area contributed by atoms with Crippen molar-refractivity contribution in [1.29, 1.82) is 10.5 Å². The van der Waals surface area contributed by atoms with Crippen LogP contribution in [-0.2, 0) is 0 Å². The van der Waals surface area contributed by atoms with Gasteiger partial charge in [0.1, 0.15) is 12.1 Å². The Labute approximate surface area is 246 Å². The van der Waals surface area contributed by atoms with Crippen LogP contribution in [0.15, 0.2) is 127 Å². The molecule has 2 aromatic heterocycles. The molecule has 0 aliphatic heterocycles.